The first-order valence-corrected chi connectivity index (χ1v) is 12.3. The van der Waals surface area contributed by atoms with Crippen LogP contribution in [0.5, 0.6) is 5.75 Å². The predicted octanol–water partition coefficient (Wildman–Crippen LogP) is 4.05. The number of aliphatic hydroxyl groups is 1. The van der Waals surface area contributed by atoms with Gasteiger partial charge in [0.25, 0.3) is 0 Å². The number of hydrogen-bond donors (Lipinski definition) is 2. The summed E-state index contributed by atoms with van der Waals surface area (Å²) >= 11 is 1.50. The fourth-order valence-electron chi connectivity index (χ4n) is 4.20. The molecule has 4 heterocycles. The van der Waals surface area contributed by atoms with E-state index in [4.69, 9.17) is 14.8 Å². The smallest absolute Gasteiger partial charge is 0.414 e. The van der Waals surface area contributed by atoms with E-state index < -0.39 is 11.6 Å². The number of hydrogen-bond acceptors (Lipinski definition) is 8. The molecule has 0 bridgehead atoms. The molecule has 3 aromatic rings. The topological polar surface area (TPSA) is 126 Å². The summed E-state index contributed by atoms with van der Waals surface area (Å²) in [5.41, 5.74) is 4.14. The summed E-state index contributed by atoms with van der Waals surface area (Å²) < 4.78 is 7.31. The predicted molar refractivity (Wildman–Crippen MR) is 135 cm³/mol. The minimum Gasteiger partial charge on any atom is -0.496 e. The van der Waals surface area contributed by atoms with Gasteiger partial charge in [0.15, 0.2) is 5.65 Å². The number of ether oxygens (including phenoxy) is 1. The Hall–Kier alpha value is -3.18. The highest BCUT2D eigenvalue weighted by Crippen LogP contribution is 2.37. The monoisotopic (exact) mass is 498 g/mol. The number of pyridine rings is 1. The quantitative estimate of drug-likeness (QED) is 0.484. The molecule has 1 amide bonds. The molecule has 0 radical (unpaired) electrons. The summed E-state index contributed by atoms with van der Waals surface area (Å²) in [6.07, 6.45) is 3.13. The standard InChI is InChI=1S/C24H30N6O4S/c1-13-10-25-17(14(2)19(13)34-6)11-29-20-18-16(28-29)9-15(7-8-31)12-35-21(18)27-22(26-20)30(23(32)33)24(3,4)5/h9-10,31H,7-8,11-12H2,1-6H3,(H,32,33). The van der Waals surface area contributed by atoms with Crippen molar-refractivity contribution in [1.29, 1.82) is 0 Å². The lowest BCUT2D eigenvalue weighted by atomic mass is 10.1. The van der Waals surface area contributed by atoms with E-state index >= 15 is 0 Å². The van der Waals surface area contributed by atoms with Gasteiger partial charge in [0, 0.05) is 35.2 Å². The van der Waals surface area contributed by atoms with Gasteiger partial charge in [-0.05, 0) is 47.1 Å². The normalized spacial score (nSPS) is 13.5. The van der Waals surface area contributed by atoms with Crippen LogP contribution in [-0.4, -0.2) is 66.0 Å². The van der Waals surface area contributed by atoms with Crippen LogP contribution in [0.15, 0.2) is 16.8 Å². The average Bonchev–Trinajstić information content (AvgIpc) is 3.00. The molecule has 10 nitrogen and oxygen atoms in total. The first-order chi connectivity index (χ1) is 16.5. The third kappa shape index (κ3) is 4.70. The molecule has 0 aliphatic carbocycles. The van der Waals surface area contributed by atoms with E-state index in [0.717, 1.165) is 33.5 Å². The number of aromatic nitrogens is 5. The van der Waals surface area contributed by atoms with Gasteiger partial charge in [0.05, 0.1) is 30.4 Å². The lowest BCUT2D eigenvalue weighted by molar-refractivity contribution is 0.195. The first kappa shape index (κ1) is 24.9. The molecule has 2 N–H and O–H groups in total. The van der Waals surface area contributed by atoms with Crippen LogP contribution in [0.4, 0.5) is 10.7 Å². The maximum atomic E-state index is 12.2. The SMILES string of the molecule is COc1c(C)cnc(Cn2nc3c4c(nc(N(C(=O)O)C(C)(C)C)nc42)SCC(CCO)=C3)c1C. The van der Waals surface area contributed by atoms with Gasteiger partial charge in [0.1, 0.15) is 10.8 Å². The van der Waals surface area contributed by atoms with Crippen molar-refractivity contribution in [3.05, 3.63) is 34.3 Å². The van der Waals surface area contributed by atoms with Gasteiger partial charge in [-0.2, -0.15) is 10.1 Å². The molecule has 11 heteroatoms. The maximum absolute atomic E-state index is 12.2. The van der Waals surface area contributed by atoms with Gasteiger partial charge in [-0.25, -0.2) is 19.4 Å². The second-order valence-electron chi connectivity index (χ2n) is 9.47. The first-order valence-electron chi connectivity index (χ1n) is 11.3. The van der Waals surface area contributed by atoms with Crippen molar-refractivity contribution in [3.8, 4) is 5.75 Å². The van der Waals surface area contributed by atoms with Gasteiger partial charge in [-0.1, -0.05) is 5.57 Å². The third-order valence-electron chi connectivity index (χ3n) is 5.85. The summed E-state index contributed by atoms with van der Waals surface area (Å²) in [6.45, 7) is 9.66. The summed E-state index contributed by atoms with van der Waals surface area (Å²) in [5.74, 6) is 1.50. The molecule has 0 atom stereocenters. The van der Waals surface area contributed by atoms with E-state index in [-0.39, 0.29) is 12.6 Å². The number of nitrogens with zero attached hydrogens (tertiary/aromatic N) is 6. The van der Waals surface area contributed by atoms with E-state index in [1.54, 1.807) is 38.8 Å². The number of methoxy groups -OCH3 is 1. The van der Waals surface area contributed by atoms with Crippen LogP contribution in [0, 0.1) is 13.8 Å². The second kappa shape index (κ2) is 9.46. The summed E-state index contributed by atoms with van der Waals surface area (Å²) in [5, 5.41) is 25.7. The van der Waals surface area contributed by atoms with Crippen molar-refractivity contribution in [3.63, 3.8) is 0 Å². The molecular formula is C24H30N6O4S. The molecule has 1 aliphatic heterocycles. The number of aliphatic hydroxyl groups excluding tert-OH is 1. The molecule has 0 aromatic carbocycles. The van der Waals surface area contributed by atoms with Gasteiger partial charge in [-0.15, -0.1) is 11.8 Å². The zero-order valence-corrected chi connectivity index (χ0v) is 21.6. The largest absolute Gasteiger partial charge is 0.496 e. The number of carboxylic acid groups (broad SMARTS) is 1. The number of rotatable bonds is 6. The van der Waals surface area contributed by atoms with Crippen LogP contribution < -0.4 is 9.64 Å². The summed E-state index contributed by atoms with van der Waals surface area (Å²) in [6, 6.07) is 0. The Kier molecular flexibility index (Phi) is 6.74. The average molecular weight is 499 g/mol. The number of aryl methyl sites for hydroxylation is 1. The van der Waals surface area contributed by atoms with Crippen molar-refractivity contribution in [2.75, 3.05) is 24.4 Å². The lowest BCUT2D eigenvalue weighted by Gasteiger charge is -2.31. The molecule has 0 saturated carbocycles. The van der Waals surface area contributed by atoms with Crippen LogP contribution in [-0.2, 0) is 6.54 Å². The maximum Gasteiger partial charge on any atom is 0.414 e. The van der Waals surface area contributed by atoms with E-state index in [0.29, 0.717) is 35.1 Å². The second-order valence-corrected chi connectivity index (χ2v) is 10.4. The van der Waals surface area contributed by atoms with E-state index in [1.165, 1.54) is 16.7 Å². The fourth-order valence-corrected chi connectivity index (χ4v) is 5.24. The molecule has 1 aliphatic rings. The Morgan fingerprint density at radius 1 is 1.29 bits per heavy atom. The van der Waals surface area contributed by atoms with Gasteiger partial charge in [0.2, 0.25) is 5.95 Å². The van der Waals surface area contributed by atoms with Gasteiger partial charge < -0.3 is 14.9 Å². The van der Waals surface area contributed by atoms with Crippen molar-refractivity contribution in [1.82, 2.24) is 24.7 Å². The Morgan fingerprint density at radius 2 is 2.03 bits per heavy atom. The molecule has 0 saturated heterocycles. The summed E-state index contributed by atoms with van der Waals surface area (Å²) in [7, 11) is 1.63. The van der Waals surface area contributed by atoms with Gasteiger partial charge in [-0.3, -0.25) is 4.98 Å². The molecule has 3 aromatic heterocycles. The zero-order valence-electron chi connectivity index (χ0n) is 20.8. The number of carbonyl (C=O) groups is 1. The van der Waals surface area contributed by atoms with E-state index in [2.05, 4.69) is 9.97 Å². The highest BCUT2D eigenvalue weighted by atomic mass is 32.2. The van der Waals surface area contributed by atoms with Crippen molar-refractivity contribution < 1.29 is 19.7 Å². The molecule has 4 rings (SSSR count). The van der Waals surface area contributed by atoms with Crippen molar-refractivity contribution >= 4 is 40.9 Å². The Morgan fingerprint density at radius 3 is 2.66 bits per heavy atom. The lowest BCUT2D eigenvalue weighted by Crippen LogP contribution is -2.46. The zero-order chi connectivity index (χ0) is 25.5. The highest BCUT2D eigenvalue weighted by molar-refractivity contribution is 7.99. The Bertz CT molecular complexity index is 1330. The molecule has 0 fully saturated rings. The van der Waals surface area contributed by atoms with Crippen molar-refractivity contribution in [2.45, 2.75) is 58.1 Å². The Balaban J connectivity index is 1.94. The Labute approximate surface area is 208 Å². The van der Waals surface area contributed by atoms with E-state index in [9.17, 15) is 15.0 Å². The van der Waals surface area contributed by atoms with Crippen LogP contribution >= 0.6 is 11.8 Å². The van der Waals surface area contributed by atoms with Crippen molar-refractivity contribution in [2.24, 2.45) is 0 Å². The fraction of sp³-hybridized carbons (Fsp3) is 0.458. The molecule has 0 spiro atoms. The number of thioether (sulfide) groups is 1. The minimum atomic E-state index is -1.13. The molecule has 186 valence electrons. The van der Waals surface area contributed by atoms with Crippen LogP contribution in [0.25, 0.3) is 17.1 Å². The van der Waals surface area contributed by atoms with Crippen LogP contribution in [0.1, 0.15) is 49.7 Å². The molecule has 35 heavy (non-hydrogen) atoms. The van der Waals surface area contributed by atoms with Crippen LogP contribution in [0.2, 0.25) is 0 Å². The van der Waals surface area contributed by atoms with Crippen LogP contribution in [0.3, 0.4) is 0 Å². The van der Waals surface area contributed by atoms with Gasteiger partial charge >= 0.3 is 6.09 Å². The third-order valence-corrected chi connectivity index (χ3v) is 6.94. The molecule has 0 unspecified atom stereocenters. The summed E-state index contributed by atoms with van der Waals surface area (Å²) in [4.78, 5) is 27.3. The number of amides is 1. The highest BCUT2D eigenvalue weighted by Gasteiger charge is 2.32. The number of anilines is 1. The minimum absolute atomic E-state index is 0.0343. The van der Waals surface area contributed by atoms with E-state index in [1.807, 2.05) is 19.9 Å². The molecular weight excluding hydrogens is 468 g/mol.